The lowest BCUT2D eigenvalue weighted by Gasteiger charge is -2.11. The maximum absolute atomic E-state index is 12.2. The number of halogens is 1. The van der Waals surface area contributed by atoms with E-state index in [9.17, 15) is 4.79 Å². The van der Waals surface area contributed by atoms with Gasteiger partial charge in [0.1, 0.15) is 11.5 Å². The zero-order valence-electron chi connectivity index (χ0n) is 16.4. The molecule has 29 heavy (non-hydrogen) atoms. The third kappa shape index (κ3) is 6.36. The maximum atomic E-state index is 12.2. The van der Waals surface area contributed by atoms with Crippen LogP contribution in [0, 0.1) is 0 Å². The van der Waals surface area contributed by atoms with Crippen molar-refractivity contribution in [3.63, 3.8) is 0 Å². The van der Waals surface area contributed by atoms with Gasteiger partial charge in [0.2, 0.25) is 0 Å². The van der Waals surface area contributed by atoms with E-state index in [0.29, 0.717) is 18.0 Å². The number of anilines is 1. The molecule has 1 amide bonds. The first kappa shape index (κ1) is 20.9. The van der Waals surface area contributed by atoms with E-state index in [1.54, 1.807) is 0 Å². The van der Waals surface area contributed by atoms with Gasteiger partial charge in [-0.3, -0.25) is 4.79 Å². The molecule has 0 aromatic heterocycles. The van der Waals surface area contributed by atoms with Crippen LogP contribution in [-0.4, -0.2) is 19.1 Å². The first-order valence-electron chi connectivity index (χ1n) is 9.66. The van der Waals surface area contributed by atoms with Crippen LogP contribution in [0.2, 0.25) is 0 Å². The Bertz CT molecular complexity index is 927. The van der Waals surface area contributed by atoms with E-state index >= 15 is 0 Å². The first-order valence-corrected chi connectivity index (χ1v) is 10.5. The highest BCUT2D eigenvalue weighted by atomic mass is 79.9. The van der Waals surface area contributed by atoms with E-state index in [2.05, 4.69) is 40.3 Å². The average Bonchev–Trinajstić information content (AvgIpc) is 2.75. The number of benzene rings is 3. The second-order valence-electron chi connectivity index (χ2n) is 6.57. The normalized spacial score (nSPS) is 10.4. The van der Waals surface area contributed by atoms with Crippen LogP contribution in [0.15, 0.2) is 77.3 Å². The number of nitrogens with one attached hydrogen (secondary N) is 1. The predicted molar refractivity (Wildman–Crippen MR) is 121 cm³/mol. The Balaban J connectivity index is 1.51. The van der Waals surface area contributed by atoms with Crippen LogP contribution in [0.1, 0.15) is 19.8 Å². The Morgan fingerprint density at radius 2 is 1.69 bits per heavy atom. The van der Waals surface area contributed by atoms with Crippen molar-refractivity contribution >= 4 is 27.5 Å². The zero-order valence-corrected chi connectivity index (χ0v) is 17.9. The number of hydrogen-bond acceptors (Lipinski definition) is 3. The average molecular weight is 454 g/mol. The van der Waals surface area contributed by atoms with Crippen LogP contribution >= 0.6 is 15.9 Å². The molecule has 0 aliphatic heterocycles. The molecule has 0 unspecified atom stereocenters. The Kier molecular flexibility index (Phi) is 7.70. The van der Waals surface area contributed by atoms with E-state index in [0.717, 1.165) is 34.2 Å². The van der Waals surface area contributed by atoms with Crippen molar-refractivity contribution in [2.45, 2.75) is 19.8 Å². The van der Waals surface area contributed by atoms with Crippen LogP contribution in [0.4, 0.5) is 5.69 Å². The molecule has 3 aromatic carbocycles. The molecule has 0 saturated heterocycles. The highest BCUT2D eigenvalue weighted by Crippen LogP contribution is 2.30. The molecule has 150 valence electrons. The minimum atomic E-state index is -0.219. The van der Waals surface area contributed by atoms with Gasteiger partial charge in [0.25, 0.3) is 5.91 Å². The first-order chi connectivity index (χ1) is 14.2. The molecule has 0 aliphatic carbocycles. The molecule has 0 bridgehead atoms. The summed E-state index contributed by atoms with van der Waals surface area (Å²) in [6.07, 6.45) is 2.12. The van der Waals surface area contributed by atoms with Crippen LogP contribution in [0.5, 0.6) is 11.5 Å². The molecular weight excluding hydrogens is 430 g/mol. The standard InChI is InChI=1S/C24H24BrNO3/c1-2-3-15-28-21-12-10-20(11-13-21)26-24(27)17-29-23-14-9-19(16-22(23)25)18-7-5-4-6-8-18/h4-14,16H,2-3,15,17H2,1H3,(H,26,27). The third-order valence-electron chi connectivity index (χ3n) is 4.30. The van der Waals surface area contributed by atoms with Crippen molar-refractivity contribution in [1.82, 2.24) is 0 Å². The summed E-state index contributed by atoms with van der Waals surface area (Å²) in [5.41, 5.74) is 2.91. The van der Waals surface area contributed by atoms with Crippen molar-refractivity contribution in [3.8, 4) is 22.6 Å². The summed E-state index contributed by atoms with van der Waals surface area (Å²) >= 11 is 3.52. The fourth-order valence-electron chi connectivity index (χ4n) is 2.74. The van der Waals surface area contributed by atoms with Gasteiger partial charge < -0.3 is 14.8 Å². The van der Waals surface area contributed by atoms with Gasteiger partial charge in [-0.1, -0.05) is 49.7 Å². The summed E-state index contributed by atoms with van der Waals surface area (Å²) in [7, 11) is 0. The number of carbonyl (C=O) groups excluding carboxylic acids is 1. The second kappa shape index (κ2) is 10.7. The quantitative estimate of drug-likeness (QED) is 0.386. The number of ether oxygens (including phenoxy) is 2. The van der Waals surface area contributed by atoms with Crippen LogP contribution in [0.25, 0.3) is 11.1 Å². The highest BCUT2D eigenvalue weighted by molar-refractivity contribution is 9.10. The van der Waals surface area contributed by atoms with Gasteiger partial charge in [-0.05, 0) is 69.9 Å². The second-order valence-corrected chi connectivity index (χ2v) is 7.43. The topological polar surface area (TPSA) is 47.6 Å². The summed E-state index contributed by atoms with van der Waals surface area (Å²) < 4.78 is 12.1. The lowest BCUT2D eigenvalue weighted by Crippen LogP contribution is -2.20. The number of amides is 1. The van der Waals surface area contributed by atoms with E-state index in [1.807, 2.05) is 60.7 Å². The molecule has 0 spiro atoms. The minimum Gasteiger partial charge on any atom is -0.494 e. The molecule has 0 heterocycles. The molecule has 0 radical (unpaired) electrons. The largest absolute Gasteiger partial charge is 0.494 e. The van der Waals surface area contributed by atoms with Gasteiger partial charge >= 0.3 is 0 Å². The van der Waals surface area contributed by atoms with Crippen molar-refractivity contribution in [2.75, 3.05) is 18.5 Å². The summed E-state index contributed by atoms with van der Waals surface area (Å²) in [4.78, 5) is 12.2. The van der Waals surface area contributed by atoms with E-state index in [4.69, 9.17) is 9.47 Å². The van der Waals surface area contributed by atoms with Crippen molar-refractivity contribution < 1.29 is 14.3 Å². The number of hydrogen-bond donors (Lipinski definition) is 1. The van der Waals surface area contributed by atoms with Crippen molar-refractivity contribution in [3.05, 3.63) is 77.3 Å². The van der Waals surface area contributed by atoms with E-state index in [1.165, 1.54) is 0 Å². The van der Waals surface area contributed by atoms with Crippen LogP contribution in [0.3, 0.4) is 0 Å². The number of carbonyl (C=O) groups is 1. The Labute approximate surface area is 180 Å². The highest BCUT2D eigenvalue weighted by Gasteiger charge is 2.08. The van der Waals surface area contributed by atoms with Gasteiger partial charge in [-0.25, -0.2) is 0 Å². The zero-order chi connectivity index (χ0) is 20.5. The van der Waals surface area contributed by atoms with Crippen LogP contribution < -0.4 is 14.8 Å². The predicted octanol–water partition coefficient (Wildman–Crippen LogP) is 6.31. The van der Waals surface area contributed by atoms with Crippen LogP contribution in [-0.2, 0) is 4.79 Å². The Hall–Kier alpha value is -2.79. The molecule has 3 aromatic rings. The molecule has 5 heteroatoms. The number of unbranched alkanes of at least 4 members (excludes halogenated alkanes) is 1. The van der Waals surface area contributed by atoms with Crippen molar-refractivity contribution in [2.24, 2.45) is 0 Å². The van der Waals surface area contributed by atoms with Crippen molar-refractivity contribution in [1.29, 1.82) is 0 Å². The molecule has 0 saturated carbocycles. The fraction of sp³-hybridized carbons (Fsp3) is 0.208. The van der Waals surface area contributed by atoms with E-state index < -0.39 is 0 Å². The number of rotatable bonds is 9. The summed E-state index contributed by atoms with van der Waals surface area (Å²) in [5.74, 6) is 1.21. The SMILES string of the molecule is CCCCOc1ccc(NC(=O)COc2ccc(-c3ccccc3)cc2Br)cc1. The molecule has 0 fully saturated rings. The fourth-order valence-corrected chi connectivity index (χ4v) is 3.23. The molecule has 0 aliphatic rings. The van der Waals surface area contributed by atoms with Gasteiger partial charge in [0.15, 0.2) is 6.61 Å². The van der Waals surface area contributed by atoms with Gasteiger partial charge in [-0.2, -0.15) is 0 Å². The van der Waals surface area contributed by atoms with E-state index in [-0.39, 0.29) is 12.5 Å². The monoisotopic (exact) mass is 453 g/mol. The van der Waals surface area contributed by atoms with Gasteiger partial charge in [0, 0.05) is 5.69 Å². The lowest BCUT2D eigenvalue weighted by atomic mass is 10.1. The lowest BCUT2D eigenvalue weighted by molar-refractivity contribution is -0.118. The molecular formula is C24H24BrNO3. The van der Waals surface area contributed by atoms with Gasteiger partial charge in [0.05, 0.1) is 11.1 Å². The summed E-state index contributed by atoms with van der Waals surface area (Å²) in [5, 5.41) is 2.83. The summed E-state index contributed by atoms with van der Waals surface area (Å²) in [6.45, 7) is 2.76. The third-order valence-corrected chi connectivity index (χ3v) is 4.92. The smallest absolute Gasteiger partial charge is 0.262 e. The Morgan fingerprint density at radius 1 is 0.931 bits per heavy atom. The molecule has 1 N–H and O–H groups in total. The molecule has 4 nitrogen and oxygen atoms in total. The molecule has 0 atom stereocenters. The minimum absolute atomic E-state index is 0.0714. The summed E-state index contributed by atoms with van der Waals surface area (Å²) in [6, 6.07) is 23.3. The Morgan fingerprint density at radius 3 is 2.38 bits per heavy atom. The van der Waals surface area contributed by atoms with Gasteiger partial charge in [-0.15, -0.1) is 0 Å². The molecule has 3 rings (SSSR count). The maximum Gasteiger partial charge on any atom is 0.262 e.